The molecule has 0 saturated heterocycles. The Morgan fingerprint density at radius 2 is 2.30 bits per heavy atom. The van der Waals surface area contributed by atoms with Gasteiger partial charge in [0.2, 0.25) is 5.88 Å². The van der Waals surface area contributed by atoms with Crippen LogP contribution in [0.5, 0.6) is 5.88 Å². The summed E-state index contributed by atoms with van der Waals surface area (Å²) in [7, 11) is 3.01. The van der Waals surface area contributed by atoms with Crippen LogP contribution in [0.15, 0.2) is 23.1 Å². The third-order valence-electron chi connectivity index (χ3n) is 2.64. The molecule has 1 amide bonds. The first kappa shape index (κ1) is 14.1. The van der Waals surface area contributed by atoms with Gasteiger partial charge in [0, 0.05) is 25.9 Å². The number of carbonyl (C=O) groups excluding carboxylic acids is 1. The number of halogens is 1. The van der Waals surface area contributed by atoms with Crippen LogP contribution in [-0.4, -0.2) is 27.8 Å². The number of H-pyrrole nitrogens is 1. The minimum Gasteiger partial charge on any atom is -0.480 e. The first-order valence-corrected chi connectivity index (χ1v) is 6.11. The van der Waals surface area contributed by atoms with Gasteiger partial charge in [-0.1, -0.05) is 11.6 Å². The molecular formula is C12H13ClN4O3. The Balaban J connectivity index is 2.03. The average Bonchev–Trinajstić information content (AvgIpc) is 2.76. The molecule has 2 aromatic rings. The number of aromatic nitrogens is 3. The number of hydrogen-bond acceptors (Lipinski definition) is 4. The lowest BCUT2D eigenvalue weighted by atomic mass is 10.3. The number of pyridine rings is 1. The molecule has 20 heavy (non-hydrogen) atoms. The third kappa shape index (κ3) is 3.00. The number of aryl methyl sites for hydroxylation is 1. The van der Waals surface area contributed by atoms with Crippen LogP contribution in [0.4, 0.5) is 0 Å². The summed E-state index contributed by atoms with van der Waals surface area (Å²) in [4.78, 5) is 27.1. The zero-order chi connectivity index (χ0) is 14.7. The second kappa shape index (κ2) is 5.79. The summed E-state index contributed by atoms with van der Waals surface area (Å²) < 4.78 is 6.16. The van der Waals surface area contributed by atoms with E-state index in [4.69, 9.17) is 16.3 Å². The van der Waals surface area contributed by atoms with E-state index in [-0.39, 0.29) is 23.7 Å². The van der Waals surface area contributed by atoms with Gasteiger partial charge in [0.05, 0.1) is 7.11 Å². The van der Waals surface area contributed by atoms with E-state index in [1.807, 2.05) is 0 Å². The number of carbonyl (C=O) groups is 1. The SMILES string of the molecule is COc1ncc(CNC(=O)c2cc(=O)n(C)[nH]2)cc1Cl. The van der Waals surface area contributed by atoms with E-state index >= 15 is 0 Å². The largest absolute Gasteiger partial charge is 0.480 e. The monoisotopic (exact) mass is 296 g/mol. The second-order valence-electron chi connectivity index (χ2n) is 4.08. The van der Waals surface area contributed by atoms with Crippen LogP contribution in [-0.2, 0) is 13.6 Å². The van der Waals surface area contributed by atoms with Crippen molar-refractivity contribution in [2.75, 3.05) is 7.11 Å². The fourth-order valence-electron chi connectivity index (χ4n) is 1.59. The Bertz CT molecular complexity index is 692. The maximum atomic E-state index is 11.8. The van der Waals surface area contributed by atoms with Gasteiger partial charge in [0.25, 0.3) is 11.5 Å². The number of nitrogens with one attached hydrogen (secondary N) is 2. The fourth-order valence-corrected chi connectivity index (χ4v) is 1.86. The van der Waals surface area contributed by atoms with Gasteiger partial charge < -0.3 is 10.1 Å². The number of aromatic amines is 1. The van der Waals surface area contributed by atoms with Gasteiger partial charge >= 0.3 is 0 Å². The minimum absolute atomic E-state index is 0.199. The summed E-state index contributed by atoms with van der Waals surface area (Å²) in [6.45, 7) is 0.243. The lowest BCUT2D eigenvalue weighted by Crippen LogP contribution is -2.23. The topological polar surface area (TPSA) is 89.0 Å². The van der Waals surface area contributed by atoms with Gasteiger partial charge in [-0.2, -0.15) is 0 Å². The van der Waals surface area contributed by atoms with Gasteiger partial charge in [0.15, 0.2) is 0 Å². The van der Waals surface area contributed by atoms with E-state index in [9.17, 15) is 9.59 Å². The van der Waals surface area contributed by atoms with Crippen molar-refractivity contribution in [1.82, 2.24) is 20.1 Å². The van der Waals surface area contributed by atoms with Crippen molar-refractivity contribution < 1.29 is 9.53 Å². The molecule has 2 aromatic heterocycles. The van der Waals surface area contributed by atoms with E-state index in [0.717, 1.165) is 5.56 Å². The van der Waals surface area contributed by atoms with Crippen molar-refractivity contribution >= 4 is 17.5 Å². The maximum Gasteiger partial charge on any atom is 0.269 e. The normalized spacial score (nSPS) is 10.3. The minimum atomic E-state index is -0.380. The van der Waals surface area contributed by atoms with Gasteiger partial charge in [0.1, 0.15) is 10.7 Å². The number of hydrogen-bond donors (Lipinski definition) is 2. The van der Waals surface area contributed by atoms with E-state index in [1.54, 1.807) is 12.3 Å². The Morgan fingerprint density at radius 1 is 1.55 bits per heavy atom. The second-order valence-corrected chi connectivity index (χ2v) is 4.49. The van der Waals surface area contributed by atoms with Crippen LogP contribution in [0.2, 0.25) is 5.02 Å². The summed E-state index contributed by atoms with van der Waals surface area (Å²) in [5.41, 5.74) is 0.650. The molecule has 0 bridgehead atoms. The standard InChI is InChI=1S/C12H13ClN4O3/c1-17-10(18)4-9(16-17)11(19)14-5-7-3-8(13)12(20-2)15-6-7/h3-4,6,16H,5H2,1-2H3,(H,14,19). The maximum absolute atomic E-state index is 11.8. The molecule has 8 heteroatoms. The molecule has 0 atom stereocenters. The van der Waals surface area contributed by atoms with Crippen LogP contribution < -0.4 is 15.6 Å². The fraction of sp³-hybridized carbons (Fsp3) is 0.250. The van der Waals surface area contributed by atoms with Crippen molar-refractivity contribution in [2.24, 2.45) is 7.05 Å². The van der Waals surface area contributed by atoms with Crippen LogP contribution in [0.25, 0.3) is 0 Å². The van der Waals surface area contributed by atoms with E-state index in [0.29, 0.717) is 10.9 Å². The molecule has 0 saturated carbocycles. The molecular weight excluding hydrogens is 284 g/mol. The van der Waals surface area contributed by atoms with Crippen molar-refractivity contribution in [2.45, 2.75) is 6.54 Å². The molecule has 2 rings (SSSR count). The summed E-state index contributed by atoms with van der Waals surface area (Å²) in [5.74, 6) is -0.0521. The molecule has 0 aliphatic carbocycles. The summed E-state index contributed by atoms with van der Waals surface area (Å²) >= 11 is 5.93. The summed E-state index contributed by atoms with van der Waals surface area (Å²) in [5, 5.41) is 5.67. The third-order valence-corrected chi connectivity index (χ3v) is 2.91. The Labute approximate surface area is 119 Å². The van der Waals surface area contributed by atoms with Crippen LogP contribution in [0.1, 0.15) is 16.1 Å². The first-order valence-electron chi connectivity index (χ1n) is 5.74. The molecule has 0 aromatic carbocycles. The highest BCUT2D eigenvalue weighted by molar-refractivity contribution is 6.31. The molecule has 2 heterocycles. The first-order chi connectivity index (χ1) is 9.51. The molecule has 7 nitrogen and oxygen atoms in total. The quantitative estimate of drug-likeness (QED) is 0.869. The Hall–Kier alpha value is -2.28. The van der Waals surface area contributed by atoms with Gasteiger partial charge in [-0.3, -0.25) is 19.4 Å². The summed E-state index contributed by atoms with van der Waals surface area (Å²) in [6.07, 6.45) is 1.55. The van der Waals surface area contributed by atoms with E-state index in [1.165, 1.54) is 24.9 Å². The van der Waals surface area contributed by atoms with Crippen molar-refractivity contribution in [1.29, 1.82) is 0 Å². The molecule has 0 unspecified atom stereocenters. The van der Waals surface area contributed by atoms with Gasteiger partial charge in [-0.25, -0.2) is 4.98 Å². The van der Waals surface area contributed by atoms with Crippen LogP contribution >= 0.6 is 11.6 Å². The average molecular weight is 297 g/mol. The Morgan fingerprint density at radius 3 is 2.85 bits per heavy atom. The number of nitrogens with zero attached hydrogens (tertiary/aromatic N) is 2. The van der Waals surface area contributed by atoms with Crippen molar-refractivity contribution in [3.63, 3.8) is 0 Å². The molecule has 0 aliphatic rings. The lowest BCUT2D eigenvalue weighted by molar-refractivity contribution is 0.0945. The zero-order valence-corrected chi connectivity index (χ0v) is 11.7. The number of ether oxygens (including phenoxy) is 1. The smallest absolute Gasteiger partial charge is 0.269 e. The van der Waals surface area contributed by atoms with Crippen molar-refractivity contribution in [3.8, 4) is 5.88 Å². The molecule has 2 N–H and O–H groups in total. The van der Waals surface area contributed by atoms with Crippen LogP contribution in [0.3, 0.4) is 0 Å². The van der Waals surface area contributed by atoms with E-state index < -0.39 is 0 Å². The lowest BCUT2D eigenvalue weighted by Gasteiger charge is -2.06. The highest BCUT2D eigenvalue weighted by atomic mass is 35.5. The van der Waals surface area contributed by atoms with Crippen molar-refractivity contribution in [3.05, 3.63) is 45.0 Å². The van der Waals surface area contributed by atoms with Gasteiger partial charge in [-0.05, 0) is 11.6 Å². The number of rotatable bonds is 4. The zero-order valence-electron chi connectivity index (χ0n) is 10.9. The van der Waals surface area contributed by atoms with Gasteiger partial charge in [-0.15, -0.1) is 0 Å². The number of amides is 1. The molecule has 0 aliphatic heterocycles. The molecule has 0 fully saturated rings. The Kier molecular flexibility index (Phi) is 4.09. The van der Waals surface area contributed by atoms with E-state index in [2.05, 4.69) is 15.4 Å². The summed E-state index contributed by atoms with van der Waals surface area (Å²) in [6, 6.07) is 2.88. The highest BCUT2D eigenvalue weighted by Crippen LogP contribution is 2.21. The molecule has 106 valence electrons. The molecule has 0 radical (unpaired) electrons. The highest BCUT2D eigenvalue weighted by Gasteiger charge is 2.10. The van der Waals surface area contributed by atoms with Crippen LogP contribution in [0, 0.1) is 0 Å². The predicted molar refractivity (Wildman–Crippen MR) is 73.0 cm³/mol. The number of methoxy groups -OCH3 is 1. The molecule has 0 spiro atoms. The predicted octanol–water partition coefficient (Wildman–Crippen LogP) is 0.700.